The highest BCUT2D eigenvalue weighted by Crippen LogP contribution is 2.35. The van der Waals surface area contributed by atoms with Gasteiger partial charge in [0.1, 0.15) is 11.7 Å². The zero-order chi connectivity index (χ0) is 18.2. The lowest BCUT2D eigenvalue weighted by Crippen LogP contribution is -2.51. The summed E-state index contributed by atoms with van der Waals surface area (Å²) in [4.78, 5) is 40.6. The third-order valence-corrected chi connectivity index (χ3v) is 4.32. The third-order valence-electron chi connectivity index (χ3n) is 4.32. The van der Waals surface area contributed by atoms with Gasteiger partial charge in [0.25, 0.3) is 5.92 Å². The van der Waals surface area contributed by atoms with E-state index >= 15 is 0 Å². The standard InChI is InChI=1S/C15H16F2N4O4/c16-15(17)8-20(5-3-10(15)13(23)24)11-2-1-9(7-18-11)21-6-4-12(22)19-14(21)25/h1-2,7,10H,3-6,8H2,(H,23,24)(H,19,22,25). The lowest BCUT2D eigenvalue weighted by Gasteiger charge is -2.37. The Balaban J connectivity index is 1.72. The van der Waals surface area contributed by atoms with E-state index in [1.165, 1.54) is 22.1 Å². The molecule has 2 aliphatic rings. The van der Waals surface area contributed by atoms with Gasteiger partial charge in [0, 0.05) is 19.5 Å². The Morgan fingerprint density at radius 1 is 1.32 bits per heavy atom. The number of piperidine rings is 1. The lowest BCUT2D eigenvalue weighted by molar-refractivity contribution is -0.158. The van der Waals surface area contributed by atoms with Crippen LogP contribution in [0.2, 0.25) is 0 Å². The van der Waals surface area contributed by atoms with Crippen molar-refractivity contribution in [3.63, 3.8) is 0 Å². The van der Waals surface area contributed by atoms with Gasteiger partial charge in [-0.15, -0.1) is 0 Å². The highest BCUT2D eigenvalue weighted by atomic mass is 19.3. The first-order valence-electron chi connectivity index (χ1n) is 7.71. The van der Waals surface area contributed by atoms with Gasteiger partial charge in [-0.3, -0.25) is 19.8 Å². The molecule has 25 heavy (non-hydrogen) atoms. The van der Waals surface area contributed by atoms with E-state index in [1.807, 2.05) is 0 Å². The molecular weight excluding hydrogens is 338 g/mol. The summed E-state index contributed by atoms with van der Waals surface area (Å²) < 4.78 is 27.9. The van der Waals surface area contributed by atoms with Crippen molar-refractivity contribution in [2.45, 2.75) is 18.8 Å². The molecule has 0 aliphatic carbocycles. The number of alkyl halides is 2. The van der Waals surface area contributed by atoms with Crippen molar-refractivity contribution >= 4 is 29.4 Å². The number of halogens is 2. The number of carboxylic acids is 1. The largest absolute Gasteiger partial charge is 0.481 e. The maximum Gasteiger partial charge on any atom is 0.328 e. The minimum atomic E-state index is -3.35. The predicted molar refractivity (Wildman–Crippen MR) is 82.6 cm³/mol. The molecule has 0 saturated carbocycles. The second-order valence-corrected chi connectivity index (χ2v) is 5.99. The summed E-state index contributed by atoms with van der Waals surface area (Å²) in [5.41, 5.74) is 0.445. The van der Waals surface area contributed by atoms with Crippen molar-refractivity contribution in [3.8, 4) is 0 Å². The number of hydrogen-bond donors (Lipinski definition) is 2. The Kier molecular flexibility index (Phi) is 4.27. The molecule has 1 aromatic heterocycles. The van der Waals surface area contributed by atoms with Gasteiger partial charge >= 0.3 is 12.0 Å². The van der Waals surface area contributed by atoms with E-state index in [0.29, 0.717) is 5.69 Å². The number of imide groups is 1. The Labute approximate surface area is 141 Å². The van der Waals surface area contributed by atoms with E-state index in [4.69, 9.17) is 5.11 Å². The Bertz CT molecular complexity index is 710. The van der Waals surface area contributed by atoms with Crippen LogP contribution in [0.1, 0.15) is 12.8 Å². The van der Waals surface area contributed by atoms with Crippen LogP contribution in [0.4, 0.5) is 25.1 Å². The van der Waals surface area contributed by atoms with Crippen LogP contribution < -0.4 is 15.1 Å². The SMILES string of the molecule is O=C1CCN(c2ccc(N3CCC(C(=O)O)C(F)(F)C3)nc2)C(=O)N1. The number of carbonyl (C=O) groups excluding carboxylic acids is 2. The molecule has 3 heterocycles. The van der Waals surface area contributed by atoms with Crippen LogP contribution in [0.5, 0.6) is 0 Å². The zero-order valence-corrected chi connectivity index (χ0v) is 13.1. The summed E-state index contributed by atoms with van der Waals surface area (Å²) in [5, 5.41) is 11.1. The molecule has 2 aliphatic heterocycles. The molecule has 1 atom stereocenters. The zero-order valence-electron chi connectivity index (χ0n) is 13.1. The molecule has 0 bridgehead atoms. The van der Waals surface area contributed by atoms with Gasteiger partial charge in [0.15, 0.2) is 0 Å². The summed E-state index contributed by atoms with van der Waals surface area (Å²) in [5.74, 6) is -6.62. The van der Waals surface area contributed by atoms with Crippen molar-refractivity contribution in [1.29, 1.82) is 0 Å². The van der Waals surface area contributed by atoms with E-state index in [2.05, 4.69) is 10.3 Å². The monoisotopic (exact) mass is 354 g/mol. The number of nitrogens with one attached hydrogen (secondary N) is 1. The predicted octanol–water partition coefficient (Wildman–Crippen LogP) is 1.07. The van der Waals surface area contributed by atoms with Crippen molar-refractivity contribution in [3.05, 3.63) is 18.3 Å². The van der Waals surface area contributed by atoms with Gasteiger partial charge in [0.05, 0.1) is 18.4 Å². The van der Waals surface area contributed by atoms with Crippen LogP contribution in [0, 0.1) is 5.92 Å². The first-order valence-corrected chi connectivity index (χ1v) is 7.71. The Morgan fingerprint density at radius 3 is 2.64 bits per heavy atom. The molecule has 1 unspecified atom stereocenters. The van der Waals surface area contributed by atoms with Crippen LogP contribution in [0.25, 0.3) is 0 Å². The number of amides is 3. The quantitative estimate of drug-likeness (QED) is 0.842. The van der Waals surface area contributed by atoms with Crippen molar-refractivity contribution in [2.75, 3.05) is 29.4 Å². The van der Waals surface area contributed by atoms with Gasteiger partial charge in [-0.2, -0.15) is 0 Å². The second kappa shape index (κ2) is 6.26. The van der Waals surface area contributed by atoms with E-state index in [1.54, 1.807) is 6.07 Å². The topological polar surface area (TPSA) is 103 Å². The van der Waals surface area contributed by atoms with Crippen molar-refractivity contribution in [2.24, 2.45) is 5.92 Å². The number of carbonyl (C=O) groups is 3. The van der Waals surface area contributed by atoms with Gasteiger partial charge in [0.2, 0.25) is 5.91 Å². The molecule has 2 saturated heterocycles. The number of pyridine rings is 1. The van der Waals surface area contributed by atoms with E-state index in [9.17, 15) is 23.2 Å². The number of carboxylic acid groups (broad SMARTS) is 1. The number of hydrogen-bond acceptors (Lipinski definition) is 5. The maximum absolute atomic E-state index is 14.0. The fraction of sp³-hybridized carbons (Fsp3) is 0.467. The van der Waals surface area contributed by atoms with Crippen molar-refractivity contribution in [1.82, 2.24) is 10.3 Å². The molecule has 0 radical (unpaired) electrons. The maximum atomic E-state index is 14.0. The minimum absolute atomic E-state index is 0.150. The number of urea groups is 1. The Hall–Kier alpha value is -2.78. The van der Waals surface area contributed by atoms with E-state index in [-0.39, 0.29) is 37.7 Å². The summed E-state index contributed by atoms with van der Waals surface area (Å²) in [6, 6.07) is 2.50. The highest BCUT2D eigenvalue weighted by Gasteiger charge is 2.49. The van der Waals surface area contributed by atoms with Gasteiger partial charge in [-0.25, -0.2) is 18.6 Å². The molecule has 0 aromatic carbocycles. The molecule has 2 N–H and O–H groups in total. The second-order valence-electron chi connectivity index (χ2n) is 5.99. The number of nitrogens with zero attached hydrogens (tertiary/aromatic N) is 3. The minimum Gasteiger partial charge on any atom is -0.481 e. The first-order chi connectivity index (χ1) is 11.8. The summed E-state index contributed by atoms with van der Waals surface area (Å²) >= 11 is 0. The van der Waals surface area contributed by atoms with Crippen LogP contribution in [-0.4, -0.2) is 53.6 Å². The highest BCUT2D eigenvalue weighted by molar-refractivity contribution is 6.05. The fourth-order valence-electron chi connectivity index (χ4n) is 2.97. The first kappa shape index (κ1) is 17.1. The van der Waals surface area contributed by atoms with Gasteiger partial charge < -0.3 is 10.0 Å². The molecule has 2 fully saturated rings. The lowest BCUT2D eigenvalue weighted by atomic mass is 9.93. The molecular formula is C15H16F2N4O4. The van der Waals surface area contributed by atoms with Gasteiger partial charge in [-0.1, -0.05) is 0 Å². The molecule has 10 heteroatoms. The number of rotatable bonds is 3. The molecule has 0 spiro atoms. The smallest absolute Gasteiger partial charge is 0.328 e. The average molecular weight is 354 g/mol. The third kappa shape index (κ3) is 3.37. The molecule has 134 valence electrons. The van der Waals surface area contributed by atoms with Gasteiger partial charge in [-0.05, 0) is 18.6 Å². The molecule has 3 rings (SSSR count). The normalized spacial score (nSPS) is 23.4. The fourth-order valence-corrected chi connectivity index (χ4v) is 2.97. The molecule has 3 amide bonds. The number of aromatic nitrogens is 1. The van der Waals surface area contributed by atoms with Crippen LogP contribution in [0.3, 0.4) is 0 Å². The number of aliphatic carboxylic acids is 1. The average Bonchev–Trinajstić information content (AvgIpc) is 2.53. The Morgan fingerprint density at radius 2 is 2.08 bits per heavy atom. The van der Waals surface area contributed by atoms with Crippen molar-refractivity contribution < 1.29 is 28.3 Å². The van der Waals surface area contributed by atoms with Crippen LogP contribution >= 0.6 is 0 Å². The number of anilines is 2. The summed E-state index contributed by atoms with van der Waals surface area (Å²) in [6.07, 6.45) is 1.36. The summed E-state index contributed by atoms with van der Waals surface area (Å²) in [7, 11) is 0. The van der Waals surface area contributed by atoms with E-state index in [0.717, 1.165) is 0 Å². The van der Waals surface area contributed by atoms with E-state index < -0.39 is 30.4 Å². The van der Waals surface area contributed by atoms with Crippen LogP contribution in [0.15, 0.2) is 18.3 Å². The molecule has 8 nitrogen and oxygen atoms in total. The summed E-state index contributed by atoms with van der Waals surface area (Å²) in [6.45, 7) is -0.361. The molecule has 1 aromatic rings. The van der Waals surface area contributed by atoms with Crippen LogP contribution in [-0.2, 0) is 9.59 Å².